The molecule has 182 valence electrons. The summed E-state index contributed by atoms with van der Waals surface area (Å²) >= 11 is 5.83. The molecule has 0 bridgehead atoms. The fourth-order valence-electron chi connectivity index (χ4n) is 3.19. The molecule has 0 saturated heterocycles. The van der Waals surface area contributed by atoms with E-state index in [0.29, 0.717) is 23.6 Å². The van der Waals surface area contributed by atoms with Gasteiger partial charge in [0.1, 0.15) is 17.4 Å². The van der Waals surface area contributed by atoms with Crippen molar-refractivity contribution in [1.82, 2.24) is 14.9 Å². The Labute approximate surface area is 199 Å². The van der Waals surface area contributed by atoms with Crippen molar-refractivity contribution < 1.29 is 22.3 Å². The van der Waals surface area contributed by atoms with Gasteiger partial charge in [-0.25, -0.2) is 9.37 Å². The van der Waals surface area contributed by atoms with Gasteiger partial charge in [-0.2, -0.15) is 18.2 Å². The SMILES string of the molecule is COc1ccc(-c2cnc(Nc3ccc(F)c(Cl)c3)nc2NCCCN(C)C)cc1C(F)(F)F. The summed E-state index contributed by atoms with van der Waals surface area (Å²) in [4.78, 5) is 10.7. The number of rotatable bonds is 9. The summed E-state index contributed by atoms with van der Waals surface area (Å²) < 4.78 is 59.0. The zero-order valence-electron chi connectivity index (χ0n) is 18.8. The standard InChI is InChI=1S/C23H24ClF4N5O/c1-33(2)10-4-9-29-21-16(14-5-8-20(34-3)17(11-14)23(26,27)28)13-30-22(32-21)31-15-6-7-19(25)18(24)12-15/h5-8,11-13H,4,9-10H2,1-3H3,(H2,29,30,31,32). The summed E-state index contributed by atoms with van der Waals surface area (Å²) in [7, 11) is 5.08. The van der Waals surface area contributed by atoms with Crippen molar-refractivity contribution in [2.75, 3.05) is 44.9 Å². The molecule has 0 fully saturated rings. The molecule has 3 aromatic rings. The van der Waals surface area contributed by atoms with Gasteiger partial charge in [-0.1, -0.05) is 17.7 Å². The number of anilines is 3. The van der Waals surface area contributed by atoms with Gasteiger partial charge >= 0.3 is 6.18 Å². The Bertz CT molecular complexity index is 1140. The van der Waals surface area contributed by atoms with Crippen molar-refractivity contribution in [2.24, 2.45) is 0 Å². The van der Waals surface area contributed by atoms with Crippen molar-refractivity contribution >= 4 is 29.1 Å². The van der Waals surface area contributed by atoms with Gasteiger partial charge in [0.2, 0.25) is 5.95 Å². The Balaban J connectivity index is 1.97. The number of benzene rings is 2. The van der Waals surface area contributed by atoms with Gasteiger partial charge in [-0.05, 0) is 63.0 Å². The maximum Gasteiger partial charge on any atom is 0.419 e. The quantitative estimate of drug-likeness (QED) is 0.276. The molecule has 2 aromatic carbocycles. The van der Waals surface area contributed by atoms with E-state index < -0.39 is 17.6 Å². The molecular weight excluding hydrogens is 474 g/mol. The van der Waals surface area contributed by atoms with Crippen LogP contribution in [0.3, 0.4) is 0 Å². The molecule has 11 heteroatoms. The van der Waals surface area contributed by atoms with Crippen LogP contribution in [0.25, 0.3) is 11.1 Å². The average Bonchev–Trinajstić information content (AvgIpc) is 2.78. The van der Waals surface area contributed by atoms with Crippen LogP contribution in [-0.4, -0.2) is 49.2 Å². The van der Waals surface area contributed by atoms with Crippen molar-refractivity contribution in [1.29, 1.82) is 0 Å². The first-order valence-electron chi connectivity index (χ1n) is 10.3. The molecule has 0 saturated carbocycles. The molecule has 0 spiro atoms. The van der Waals surface area contributed by atoms with Crippen LogP contribution in [0.1, 0.15) is 12.0 Å². The topological polar surface area (TPSA) is 62.3 Å². The molecule has 6 nitrogen and oxygen atoms in total. The van der Waals surface area contributed by atoms with Gasteiger partial charge < -0.3 is 20.3 Å². The fourth-order valence-corrected chi connectivity index (χ4v) is 3.37. The lowest BCUT2D eigenvalue weighted by molar-refractivity contribution is -0.138. The third kappa shape index (κ3) is 6.48. The molecule has 3 rings (SSSR count). The average molecular weight is 498 g/mol. The minimum Gasteiger partial charge on any atom is -0.496 e. The lowest BCUT2D eigenvalue weighted by atomic mass is 10.0. The third-order valence-electron chi connectivity index (χ3n) is 4.85. The second kappa shape index (κ2) is 10.9. The Morgan fingerprint density at radius 1 is 1.12 bits per heavy atom. The molecule has 1 heterocycles. The predicted octanol–water partition coefficient (Wildman–Crippen LogP) is 6.07. The van der Waals surface area contributed by atoms with Gasteiger partial charge in [0.25, 0.3) is 0 Å². The van der Waals surface area contributed by atoms with Gasteiger partial charge in [0, 0.05) is 24.0 Å². The maximum absolute atomic E-state index is 13.5. The van der Waals surface area contributed by atoms with E-state index in [2.05, 4.69) is 20.6 Å². The molecule has 0 aliphatic carbocycles. The number of halogens is 5. The molecular formula is C23H24ClF4N5O. The van der Waals surface area contributed by atoms with Gasteiger partial charge in [-0.3, -0.25) is 0 Å². The molecule has 0 aliphatic heterocycles. The van der Waals surface area contributed by atoms with Crippen LogP contribution in [0.15, 0.2) is 42.6 Å². The molecule has 0 aliphatic rings. The van der Waals surface area contributed by atoms with E-state index in [4.69, 9.17) is 16.3 Å². The van der Waals surface area contributed by atoms with Gasteiger partial charge in [-0.15, -0.1) is 0 Å². The number of ether oxygens (including phenoxy) is 1. The predicted molar refractivity (Wildman–Crippen MR) is 125 cm³/mol. The van der Waals surface area contributed by atoms with Crippen molar-refractivity contribution in [2.45, 2.75) is 12.6 Å². The van der Waals surface area contributed by atoms with E-state index in [-0.39, 0.29) is 22.3 Å². The first-order valence-corrected chi connectivity index (χ1v) is 10.7. The number of nitrogens with zero attached hydrogens (tertiary/aromatic N) is 3. The highest BCUT2D eigenvalue weighted by Gasteiger charge is 2.34. The summed E-state index contributed by atoms with van der Waals surface area (Å²) in [6.45, 7) is 1.35. The summed E-state index contributed by atoms with van der Waals surface area (Å²) in [5, 5.41) is 6.05. The second-order valence-corrected chi connectivity index (χ2v) is 8.11. The van der Waals surface area contributed by atoms with Crippen LogP contribution in [0.5, 0.6) is 5.75 Å². The zero-order valence-corrected chi connectivity index (χ0v) is 19.6. The molecule has 0 amide bonds. The number of methoxy groups -OCH3 is 1. The van der Waals surface area contributed by atoms with Crippen LogP contribution in [-0.2, 0) is 6.18 Å². The van der Waals surface area contributed by atoms with Crippen LogP contribution in [0, 0.1) is 5.82 Å². The minimum absolute atomic E-state index is 0.0680. The lowest BCUT2D eigenvalue weighted by Gasteiger charge is -2.17. The summed E-state index contributed by atoms with van der Waals surface area (Å²) in [5.41, 5.74) is 0.232. The van der Waals surface area contributed by atoms with Crippen LogP contribution in [0.2, 0.25) is 5.02 Å². The van der Waals surface area contributed by atoms with Crippen molar-refractivity contribution in [3.05, 3.63) is 59.0 Å². The van der Waals surface area contributed by atoms with E-state index in [1.165, 1.54) is 43.6 Å². The number of aromatic nitrogens is 2. The number of nitrogens with one attached hydrogen (secondary N) is 2. The lowest BCUT2D eigenvalue weighted by Crippen LogP contribution is -2.17. The fraction of sp³-hybridized carbons (Fsp3) is 0.304. The third-order valence-corrected chi connectivity index (χ3v) is 5.14. The van der Waals surface area contributed by atoms with E-state index in [1.807, 2.05) is 19.0 Å². The van der Waals surface area contributed by atoms with E-state index in [9.17, 15) is 17.6 Å². The van der Waals surface area contributed by atoms with Crippen LogP contribution >= 0.6 is 11.6 Å². The number of hydrogen-bond donors (Lipinski definition) is 2. The first kappa shape index (κ1) is 25.5. The highest BCUT2D eigenvalue weighted by molar-refractivity contribution is 6.31. The molecule has 0 unspecified atom stereocenters. The molecule has 0 radical (unpaired) electrons. The first-order chi connectivity index (χ1) is 16.1. The van der Waals surface area contributed by atoms with Crippen LogP contribution in [0.4, 0.5) is 35.0 Å². The van der Waals surface area contributed by atoms with Gasteiger partial charge in [0.15, 0.2) is 0 Å². The normalized spacial score (nSPS) is 11.6. The summed E-state index contributed by atoms with van der Waals surface area (Å²) in [5.74, 6) is -0.315. The summed E-state index contributed by atoms with van der Waals surface area (Å²) in [6, 6.07) is 7.86. The number of alkyl halides is 3. The Hall–Kier alpha value is -3.11. The van der Waals surface area contributed by atoms with E-state index >= 15 is 0 Å². The molecule has 0 atom stereocenters. The maximum atomic E-state index is 13.5. The Morgan fingerprint density at radius 2 is 1.88 bits per heavy atom. The van der Waals surface area contributed by atoms with E-state index in [0.717, 1.165) is 19.0 Å². The van der Waals surface area contributed by atoms with Gasteiger partial charge in [0.05, 0.1) is 17.7 Å². The highest BCUT2D eigenvalue weighted by Crippen LogP contribution is 2.39. The smallest absolute Gasteiger partial charge is 0.419 e. The minimum atomic E-state index is -4.59. The highest BCUT2D eigenvalue weighted by atomic mass is 35.5. The molecule has 34 heavy (non-hydrogen) atoms. The van der Waals surface area contributed by atoms with Crippen LogP contribution < -0.4 is 15.4 Å². The van der Waals surface area contributed by atoms with Crippen molar-refractivity contribution in [3.63, 3.8) is 0 Å². The number of hydrogen-bond acceptors (Lipinski definition) is 6. The largest absolute Gasteiger partial charge is 0.496 e. The molecule has 2 N–H and O–H groups in total. The van der Waals surface area contributed by atoms with E-state index in [1.54, 1.807) is 0 Å². The van der Waals surface area contributed by atoms with Crippen molar-refractivity contribution in [3.8, 4) is 16.9 Å². The Kier molecular flexibility index (Phi) is 8.16. The zero-order chi connectivity index (χ0) is 24.9. The monoisotopic (exact) mass is 497 g/mol. The Morgan fingerprint density at radius 3 is 2.53 bits per heavy atom. The molecule has 1 aromatic heterocycles. The second-order valence-electron chi connectivity index (χ2n) is 7.71. The summed E-state index contributed by atoms with van der Waals surface area (Å²) in [6.07, 6.45) is -2.38.